The molecule has 0 aliphatic heterocycles. The molecule has 0 unspecified atom stereocenters. The van der Waals surface area contributed by atoms with Gasteiger partial charge >= 0.3 is 0 Å². The lowest BCUT2D eigenvalue weighted by Gasteiger charge is -2.30. The fourth-order valence-electron chi connectivity index (χ4n) is 3.19. The molecule has 0 atom stereocenters. The summed E-state index contributed by atoms with van der Waals surface area (Å²) in [6.07, 6.45) is 10.9. The van der Waals surface area contributed by atoms with Crippen LogP contribution in [0.25, 0.3) is 0 Å². The molecule has 0 spiro atoms. The topological polar surface area (TPSA) is 43.8 Å². The lowest BCUT2D eigenvalue weighted by Crippen LogP contribution is -2.22. The summed E-state index contributed by atoms with van der Waals surface area (Å²) in [5, 5.41) is 4.72. The third-order valence-corrected chi connectivity index (χ3v) is 4.47. The molecule has 2 fully saturated rings. The molecule has 0 aromatic carbocycles. The fraction of sp³-hybridized carbons (Fsp3) is 0.786. The van der Waals surface area contributed by atoms with Crippen molar-refractivity contribution in [3.05, 3.63) is 17.5 Å². The van der Waals surface area contributed by atoms with E-state index >= 15 is 0 Å². The first-order valence-electron chi connectivity index (χ1n) is 7.17. The van der Waals surface area contributed by atoms with Gasteiger partial charge in [0.05, 0.1) is 11.7 Å². The highest BCUT2D eigenvalue weighted by molar-refractivity contribution is 5.17. The van der Waals surface area contributed by atoms with Crippen molar-refractivity contribution in [3.8, 4) is 0 Å². The van der Waals surface area contributed by atoms with E-state index in [0.29, 0.717) is 12.6 Å². The molecule has 0 saturated heterocycles. The van der Waals surface area contributed by atoms with Crippen molar-refractivity contribution in [1.29, 1.82) is 0 Å². The van der Waals surface area contributed by atoms with E-state index in [1.165, 1.54) is 57.1 Å². The predicted molar refractivity (Wildman–Crippen MR) is 68.8 cm³/mol. The molecule has 2 aliphatic carbocycles. The number of aromatic nitrogens is 2. The van der Waals surface area contributed by atoms with Gasteiger partial charge in [-0.2, -0.15) is 5.10 Å². The molecule has 17 heavy (non-hydrogen) atoms. The Kier molecular flexibility index (Phi) is 3.19. The molecule has 3 heteroatoms. The highest BCUT2D eigenvalue weighted by Crippen LogP contribution is 2.38. The van der Waals surface area contributed by atoms with Crippen molar-refractivity contribution in [2.45, 2.75) is 69.9 Å². The summed E-state index contributed by atoms with van der Waals surface area (Å²) < 4.78 is 2.32. The van der Waals surface area contributed by atoms with Crippen LogP contribution in [0.4, 0.5) is 0 Å². The maximum Gasteiger partial charge on any atom is 0.0763 e. The molecule has 1 heterocycles. The van der Waals surface area contributed by atoms with Crippen LogP contribution in [0.5, 0.6) is 0 Å². The lowest BCUT2D eigenvalue weighted by molar-refractivity contribution is 0.270. The van der Waals surface area contributed by atoms with Gasteiger partial charge in [-0.25, -0.2) is 0 Å². The van der Waals surface area contributed by atoms with Gasteiger partial charge in [-0.3, -0.25) is 4.68 Å². The normalized spacial score (nSPS) is 22.6. The van der Waals surface area contributed by atoms with Crippen LogP contribution in [-0.2, 0) is 6.54 Å². The van der Waals surface area contributed by atoms with Crippen molar-refractivity contribution in [3.63, 3.8) is 0 Å². The maximum absolute atomic E-state index is 5.75. The number of hydrogen-bond donors (Lipinski definition) is 1. The minimum absolute atomic E-state index is 0.583. The molecule has 3 nitrogen and oxygen atoms in total. The summed E-state index contributed by atoms with van der Waals surface area (Å²) in [4.78, 5) is 0. The highest BCUT2D eigenvalue weighted by atomic mass is 15.3. The van der Waals surface area contributed by atoms with E-state index in [4.69, 9.17) is 10.8 Å². The molecule has 2 aliphatic rings. The minimum Gasteiger partial charge on any atom is -0.325 e. The Morgan fingerprint density at radius 2 is 1.88 bits per heavy atom. The van der Waals surface area contributed by atoms with Gasteiger partial charge in [-0.15, -0.1) is 0 Å². The third-order valence-electron chi connectivity index (χ3n) is 4.47. The lowest BCUT2D eigenvalue weighted by atomic mass is 9.85. The summed E-state index contributed by atoms with van der Waals surface area (Å²) >= 11 is 0. The van der Waals surface area contributed by atoms with Gasteiger partial charge in [-0.1, -0.05) is 19.3 Å². The molecular weight excluding hydrogens is 210 g/mol. The van der Waals surface area contributed by atoms with E-state index in [2.05, 4.69) is 10.7 Å². The van der Waals surface area contributed by atoms with Crippen LogP contribution in [0.2, 0.25) is 0 Å². The second-order valence-corrected chi connectivity index (χ2v) is 5.63. The number of nitrogens with two attached hydrogens (primary N) is 1. The van der Waals surface area contributed by atoms with Crippen LogP contribution in [0.3, 0.4) is 0 Å². The predicted octanol–water partition coefficient (Wildman–Crippen LogP) is 3.11. The largest absolute Gasteiger partial charge is 0.325 e. The van der Waals surface area contributed by atoms with Crippen molar-refractivity contribution in [1.82, 2.24) is 9.78 Å². The zero-order valence-corrected chi connectivity index (χ0v) is 10.6. The smallest absolute Gasteiger partial charge is 0.0763 e. The third kappa shape index (κ3) is 2.13. The summed E-state index contributed by atoms with van der Waals surface area (Å²) in [5.74, 6) is 0.747. The first-order chi connectivity index (χ1) is 8.38. The standard InChI is InChI=1S/C14H23N3/c15-10-12-9-14(11-5-2-1-3-6-11)17(16-12)13-7-4-8-13/h9,11,13H,1-8,10,15H2. The van der Waals surface area contributed by atoms with Gasteiger partial charge in [0.1, 0.15) is 0 Å². The fourth-order valence-corrected chi connectivity index (χ4v) is 3.19. The van der Waals surface area contributed by atoms with E-state index < -0.39 is 0 Å². The summed E-state index contributed by atoms with van der Waals surface area (Å²) in [5.41, 5.74) is 8.31. The average molecular weight is 233 g/mol. The van der Waals surface area contributed by atoms with Crippen LogP contribution < -0.4 is 5.73 Å². The molecule has 1 aromatic heterocycles. The zero-order valence-electron chi connectivity index (χ0n) is 10.6. The zero-order chi connectivity index (χ0) is 11.7. The Labute approximate surface area is 103 Å². The van der Waals surface area contributed by atoms with Crippen LogP contribution in [0, 0.1) is 0 Å². The molecule has 3 rings (SSSR count). The molecule has 1 aromatic rings. The van der Waals surface area contributed by atoms with Crippen molar-refractivity contribution >= 4 is 0 Å². The molecule has 0 radical (unpaired) electrons. The number of rotatable bonds is 3. The van der Waals surface area contributed by atoms with Gasteiger partial charge in [0.25, 0.3) is 0 Å². The van der Waals surface area contributed by atoms with E-state index in [1.807, 2.05) is 0 Å². The second kappa shape index (κ2) is 4.81. The Hall–Kier alpha value is -0.830. The molecule has 94 valence electrons. The van der Waals surface area contributed by atoms with Crippen LogP contribution >= 0.6 is 0 Å². The first kappa shape index (κ1) is 11.3. The van der Waals surface area contributed by atoms with Crippen molar-refractivity contribution in [2.24, 2.45) is 5.73 Å². The molecule has 2 N–H and O–H groups in total. The van der Waals surface area contributed by atoms with Gasteiger partial charge in [0.15, 0.2) is 0 Å². The monoisotopic (exact) mass is 233 g/mol. The Bertz CT molecular complexity index is 373. The van der Waals surface area contributed by atoms with Crippen molar-refractivity contribution in [2.75, 3.05) is 0 Å². The quantitative estimate of drug-likeness (QED) is 0.871. The highest BCUT2D eigenvalue weighted by Gasteiger charge is 2.27. The van der Waals surface area contributed by atoms with Crippen molar-refractivity contribution < 1.29 is 0 Å². The molecule has 0 bridgehead atoms. The van der Waals surface area contributed by atoms with E-state index in [1.54, 1.807) is 0 Å². The summed E-state index contributed by atoms with van der Waals surface area (Å²) in [6, 6.07) is 2.95. The minimum atomic E-state index is 0.583. The van der Waals surface area contributed by atoms with Gasteiger partial charge in [0.2, 0.25) is 0 Å². The van der Waals surface area contributed by atoms with Crippen LogP contribution in [0.1, 0.15) is 74.7 Å². The SMILES string of the molecule is NCc1cc(C2CCCCC2)n(C2CCC2)n1. The number of hydrogen-bond acceptors (Lipinski definition) is 2. The average Bonchev–Trinajstić information content (AvgIpc) is 2.72. The maximum atomic E-state index is 5.75. The van der Waals surface area contributed by atoms with Gasteiger partial charge in [-0.05, 0) is 38.2 Å². The van der Waals surface area contributed by atoms with E-state index in [-0.39, 0.29) is 0 Å². The summed E-state index contributed by atoms with van der Waals surface area (Å²) in [6.45, 7) is 0.583. The number of nitrogens with zero attached hydrogens (tertiary/aromatic N) is 2. The van der Waals surface area contributed by atoms with Gasteiger partial charge in [0, 0.05) is 18.2 Å². The van der Waals surface area contributed by atoms with Gasteiger partial charge < -0.3 is 5.73 Å². The van der Waals surface area contributed by atoms with E-state index in [9.17, 15) is 0 Å². The summed E-state index contributed by atoms with van der Waals surface area (Å²) in [7, 11) is 0. The molecule has 0 amide bonds. The second-order valence-electron chi connectivity index (χ2n) is 5.63. The van der Waals surface area contributed by atoms with Crippen LogP contribution in [0.15, 0.2) is 6.07 Å². The van der Waals surface area contributed by atoms with E-state index in [0.717, 1.165) is 11.6 Å². The Morgan fingerprint density at radius 1 is 1.12 bits per heavy atom. The Morgan fingerprint density at radius 3 is 2.47 bits per heavy atom. The first-order valence-corrected chi connectivity index (χ1v) is 7.17. The Balaban J connectivity index is 1.86. The molecule has 2 saturated carbocycles. The molecular formula is C14H23N3. The van der Waals surface area contributed by atoms with Crippen LogP contribution in [-0.4, -0.2) is 9.78 Å².